The number of anilines is 3. The van der Waals surface area contributed by atoms with Gasteiger partial charge in [-0.25, -0.2) is 0 Å². The molecule has 0 bridgehead atoms. The van der Waals surface area contributed by atoms with Crippen molar-refractivity contribution in [2.75, 3.05) is 22.5 Å². The summed E-state index contributed by atoms with van der Waals surface area (Å²) in [5, 5.41) is 9.02. The molecule has 7 heteroatoms. The van der Waals surface area contributed by atoms with E-state index in [1.807, 2.05) is 61.5 Å². The summed E-state index contributed by atoms with van der Waals surface area (Å²) in [6, 6.07) is 22.3. The molecule has 3 aromatic carbocycles. The summed E-state index contributed by atoms with van der Waals surface area (Å²) in [5.41, 5.74) is 2.91. The van der Waals surface area contributed by atoms with Crippen molar-refractivity contribution in [2.45, 2.75) is 26.4 Å². The first-order valence-electron chi connectivity index (χ1n) is 10.4. The minimum atomic E-state index is -0.256. The van der Waals surface area contributed by atoms with Crippen molar-refractivity contribution in [2.24, 2.45) is 0 Å². The summed E-state index contributed by atoms with van der Waals surface area (Å²) < 4.78 is 5.77. The van der Waals surface area contributed by atoms with Gasteiger partial charge < -0.3 is 20.7 Å². The van der Waals surface area contributed by atoms with Crippen LogP contribution in [-0.4, -0.2) is 18.4 Å². The zero-order chi connectivity index (χ0) is 22.8. The summed E-state index contributed by atoms with van der Waals surface area (Å²) in [5.74, 6) is 0.413. The highest BCUT2D eigenvalue weighted by molar-refractivity contribution is 6.33. The molecule has 32 heavy (non-hydrogen) atoms. The second-order valence-electron chi connectivity index (χ2n) is 7.19. The molecule has 3 N–H and O–H groups in total. The van der Waals surface area contributed by atoms with Gasteiger partial charge in [-0.1, -0.05) is 48.9 Å². The van der Waals surface area contributed by atoms with E-state index in [9.17, 15) is 9.59 Å². The number of hydrogen-bond acceptors (Lipinski definition) is 4. The van der Waals surface area contributed by atoms with E-state index < -0.39 is 0 Å². The zero-order valence-corrected chi connectivity index (χ0v) is 18.6. The highest BCUT2D eigenvalue weighted by atomic mass is 35.5. The van der Waals surface area contributed by atoms with Gasteiger partial charge in [-0.3, -0.25) is 9.59 Å². The number of rotatable bonds is 10. The molecule has 0 aliphatic carbocycles. The van der Waals surface area contributed by atoms with E-state index in [2.05, 4.69) is 16.0 Å². The number of benzene rings is 3. The second kappa shape index (κ2) is 11.8. The minimum Gasteiger partial charge on any atom is -0.489 e. The fourth-order valence-corrected chi connectivity index (χ4v) is 3.10. The number of hydrogen-bond donors (Lipinski definition) is 3. The number of carbonyl (C=O) groups excluding carboxylic acids is 2. The van der Waals surface area contributed by atoms with E-state index >= 15 is 0 Å². The smallest absolute Gasteiger partial charge is 0.243 e. The fraction of sp³-hybridized carbons (Fsp3) is 0.200. The van der Waals surface area contributed by atoms with Crippen LogP contribution in [0.1, 0.15) is 25.3 Å². The van der Waals surface area contributed by atoms with Gasteiger partial charge in [-0.15, -0.1) is 0 Å². The summed E-state index contributed by atoms with van der Waals surface area (Å²) in [4.78, 5) is 24.1. The molecule has 0 atom stereocenters. The lowest BCUT2D eigenvalue weighted by atomic mass is 10.2. The maximum absolute atomic E-state index is 12.4. The Balaban J connectivity index is 1.48. The molecule has 0 saturated carbocycles. The molecule has 6 nitrogen and oxygen atoms in total. The standard InChI is InChI=1S/C25H26ClN3O3/c1-2-6-24(30)28-20-11-14-22(26)23(15-20)29-25(31)16-27-19-9-12-21(13-10-19)32-17-18-7-4-3-5-8-18/h3-5,7-15,27H,2,6,16-17H2,1H3,(H,28,30)(H,29,31). The van der Waals surface area contributed by atoms with Crippen molar-refractivity contribution in [3.05, 3.63) is 83.4 Å². The summed E-state index contributed by atoms with van der Waals surface area (Å²) in [7, 11) is 0. The number of carbonyl (C=O) groups is 2. The van der Waals surface area contributed by atoms with Crippen molar-refractivity contribution in [1.82, 2.24) is 0 Å². The Morgan fingerprint density at radius 1 is 0.875 bits per heavy atom. The van der Waals surface area contributed by atoms with Gasteiger partial charge in [0.2, 0.25) is 11.8 Å². The third kappa shape index (κ3) is 7.32. The van der Waals surface area contributed by atoms with Gasteiger partial charge in [-0.05, 0) is 54.4 Å². The molecule has 166 valence electrons. The molecule has 0 radical (unpaired) electrons. The van der Waals surface area contributed by atoms with E-state index in [-0.39, 0.29) is 18.4 Å². The Morgan fingerprint density at radius 3 is 2.31 bits per heavy atom. The SMILES string of the molecule is CCCC(=O)Nc1ccc(Cl)c(NC(=O)CNc2ccc(OCc3ccccc3)cc2)c1. The van der Waals surface area contributed by atoms with Crippen LogP contribution >= 0.6 is 11.6 Å². The van der Waals surface area contributed by atoms with Gasteiger partial charge in [0.25, 0.3) is 0 Å². The third-order valence-corrected chi connectivity index (χ3v) is 4.89. The van der Waals surface area contributed by atoms with Crippen molar-refractivity contribution < 1.29 is 14.3 Å². The number of halogens is 1. The highest BCUT2D eigenvalue weighted by Gasteiger charge is 2.09. The Labute approximate surface area is 192 Å². The Kier molecular flexibility index (Phi) is 8.52. The average molecular weight is 452 g/mol. The van der Waals surface area contributed by atoms with E-state index in [4.69, 9.17) is 16.3 Å². The molecule has 0 aliphatic rings. The fourth-order valence-electron chi connectivity index (χ4n) is 2.94. The van der Waals surface area contributed by atoms with Gasteiger partial charge in [0.15, 0.2) is 0 Å². The van der Waals surface area contributed by atoms with Crippen LogP contribution in [0.25, 0.3) is 0 Å². The predicted molar refractivity (Wildman–Crippen MR) is 129 cm³/mol. The van der Waals surface area contributed by atoms with Crippen LogP contribution in [0.15, 0.2) is 72.8 Å². The number of amides is 2. The highest BCUT2D eigenvalue weighted by Crippen LogP contribution is 2.26. The van der Waals surface area contributed by atoms with E-state index in [0.717, 1.165) is 23.4 Å². The van der Waals surface area contributed by atoms with Gasteiger partial charge in [0.1, 0.15) is 12.4 Å². The lowest BCUT2D eigenvalue weighted by molar-refractivity contribution is -0.116. The molecule has 0 heterocycles. The zero-order valence-electron chi connectivity index (χ0n) is 17.9. The molecular weight excluding hydrogens is 426 g/mol. The second-order valence-corrected chi connectivity index (χ2v) is 7.60. The molecule has 0 unspecified atom stereocenters. The van der Waals surface area contributed by atoms with Crippen molar-refractivity contribution in [3.63, 3.8) is 0 Å². The Bertz CT molecular complexity index is 1040. The minimum absolute atomic E-state index is 0.0625. The normalized spacial score (nSPS) is 10.3. The molecule has 0 spiro atoms. The molecule has 0 aromatic heterocycles. The molecule has 0 saturated heterocycles. The van der Waals surface area contributed by atoms with Gasteiger partial charge >= 0.3 is 0 Å². The Morgan fingerprint density at radius 2 is 1.59 bits per heavy atom. The lowest BCUT2D eigenvalue weighted by Gasteiger charge is -2.12. The molecular formula is C25H26ClN3O3. The summed E-state index contributed by atoms with van der Waals surface area (Å²) in [6.45, 7) is 2.49. The average Bonchev–Trinajstić information content (AvgIpc) is 2.80. The van der Waals surface area contributed by atoms with Crippen molar-refractivity contribution >= 4 is 40.5 Å². The lowest BCUT2D eigenvalue weighted by Crippen LogP contribution is -2.22. The van der Waals surface area contributed by atoms with Gasteiger partial charge in [-0.2, -0.15) is 0 Å². The van der Waals surface area contributed by atoms with E-state index in [1.165, 1.54) is 0 Å². The van der Waals surface area contributed by atoms with Gasteiger partial charge in [0.05, 0.1) is 17.3 Å². The van der Waals surface area contributed by atoms with Gasteiger partial charge in [0, 0.05) is 17.8 Å². The number of nitrogens with one attached hydrogen (secondary N) is 3. The van der Waals surface area contributed by atoms with Crippen LogP contribution in [-0.2, 0) is 16.2 Å². The first-order valence-corrected chi connectivity index (χ1v) is 10.8. The van der Waals surface area contributed by atoms with Crippen LogP contribution < -0.4 is 20.7 Å². The largest absolute Gasteiger partial charge is 0.489 e. The monoisotopic (exact) mass is 451 g/mol. The predicted octanol–water partition coefficient (Wildman–Crippen LogP) is 5.71. The first kappa shape index (κ1) is 23.2. The van der Waals surface area contributed by atoms with E-state index in [1.54, 1.807) is 18.2 Å². The maximum Gasteiger partial charge on any atom is 0.243 e. The van der Waals surface area contributed by atoms with Crippen LogP contribution in [0.5, 0.6) is 5.75 Å². The quantitative estimate of drug-likeness (QED) is 0.369. The molecule has 0 aliphatic heterocycles. The molecule has 2 amide bonds. The third-order valence-electron chi connectivity index (χ3n) is 4.56. The first-order chi connectivity index (χ1) is 15.5. The molecule has 3 rings (SSSR count). The summed E-state index contributed by atoms with van der Waals surface area (Å²) in [6.07, 6.45) is 1.19. The topological polar surface area (TPSA) is 79.5 Å². The van der Waals surface area contributed by atoms with Crippen LogP contribution in [0, 0.1) is 0 Å². The summed E-state index contributed by atoms with van der Waals surface area (Å²) >= 11 is 6.18. The maximum atomic E-state index is 12.4. The van der Waals surface area contributed by atoms with E-state index in [0.29, 0.717) is 29.4 Å². The van der Waals surface area contributed by atoms with Crippen molar-refractivity contribution in [1.29, 1.82) is 0 Å². The van der Waals surface area contributed by atoms with Crippen LogP contribution in [0.4, 0.5) is 17.1 Å². The Hall–Kier alpha value is -3.51. The molecule has 3 aromatic rings. The van der Waals surface area contributed by atoms with Crippen molar-refractivity contribution in [3.8, 4) is 5.75 Å². The van der Waals surface area contributed by atoms with Crippen LogP contribution in [0.2, 0.25) is 5.02 Å². The number of ether oxygens (including phenoxy) is 1. The molecule has 0 fully saturated rings. The van der Waals surface area contributed by atoms with Crippen LogP contribution in [0.3, 0.4) is 0 Å².